The van der Waals surface area contributed by atoms with Crippen LogP contribution >= 0.6 is 0 Å². The first-order chi connectivity index (χ1) is 12.5. The summed E-state index contributed by atoms with van der Waals surface area (Å²) in [6.45, 7) is 4.57. The number of ether oxygens (including phenoxy) is 1. The van der Waals surface area contributed by atoms with Crippen molar-refractivity contribution in [3.8, 4) is 0 Å². The van der Waals surface area contributed by atoms with Gasteiger partial charge in [-0.1, -0.05) is 5.16 Å². The average molecular weight is 362 g/mol. The Hall–Kier alpha value is -1.77. The maximum Gasteiger partial charge on any atom is 0.243 e. The molecule has 1 saturated heterocycles. The molecular weight excluding hydrogens is 332 g/mol. The molecule has 1 aliphatic heterocycles. The number of hydrogen-bond donors (Lipinski definition) is 0. The SMILES string of the molecule is COCc1noc(C(C)N(C)C[C@@H]2CCCN(C)[C@H]2c2cnn(C)c2)n1. The molecule has 0 saturated carbocycles. The summed E-state index contributed by atoms with van der Waals surface area (Å²) in [4.78, 5) is 9.20. The molecule has 0 aliphatic carbocycles. The van der Waals surface area contributed by atoms with Gasteiger partial charge in [0, 0.05) is 38.5 Å². The minimum Gasteiger partial charge on any atom is -0.377 e. The van der Waals surface area contributed by atoms with E-state index >= 15 is 0 Å². The Balaban J connectivity index is 1.70. The van der Waals surface area contributed by atoms with Crippen LogP contribution in [0.3, 0.4) is 0 Å². The molecule has 1 unspecified atom stereocenters. The van der Waals surface area contributed by atoms with Crippen LogP contribution in [0.15, 0.2) is 16.9 Å². The minimum atomic E-state index is 0.0647. The average Bonchev–Trinajstić information content (AvgIpc) is 3.24. The Kier molecular flexibility index (Phi) is 6.05. The van der Waals surface area contributed by atoms with Gasteiger partial charge in [-0.3, -0.25) is 14.5 Å². The van der Waals surface area contributed by atoms with Gasteiger partial charge in [0.1, 0.15) is 6.61 Å². The van der Waals surface area contributed by atoms with Crippen LogP contribution in [0, 0.1) is 5.92 Å². The van der Waals surface area contributed by atoms with E-state index in [0.29, 0.717) is 30.3 Å². The van der Waals surface area contributed by atoms with Crippen LogP contribution in [0.1, 0.15) is 49.1 Å². The van der Waals surface area contributed by atoms with Gasteiger partial charge >= 0.3 is 0 Å². The molecule has 3 rings (SSSR count). The van der Waals surface area contributed by atoms with Crippen LogP contribution in [0.25, 0.3) is 0 Å². The summed E-state index contributed by atoms with van der Waals surface area (Å²) in [6, 6.07) is 0.453. The van der Waals surface area contributed by atoms with Gasteiger partial charge in [-0.15, -0.1) is 0 Å². The monoisotopic (exact) mass is 362 g/mol. The summed E-state index contributed by atoms with van der Waals surface area (Å²) < 4.78 is 12.4. The Morgan fingerprint density at radius 3 is 2.92 bits per heavy atom. The second kappa shape index (κ2) is 8.28. The van der Waals surface area contributed by atoms with Gasteiger partial charge in [-0.05, 0) is 46.3 Å². The first kappa shape index (κ1) is 19.0. The maximum atomic E-state index is 5.42. The molecule has 8 heteroatoms. The molecule has 0 spiro atoms. The fourth-order valence-electron chi connectivity index (χ4n) is 3.91. The second-order valence-electron chi connectivity index (χ2n) is 7.37. The summed E-state index contributed by atoms with van der Waals surface area (Å²) in [7, 11) is 7.94. The molecule has 2 aromatic rings. The second-order valence-corrected chi connectivity index (χ2v) is 7.37. The number of aryl methyl sites for hydroxylation is 1. The van der Waals surface area contributed by atoms with E-state index in [2.05, 4.69) is 52.3 Å². The van der Waals surface area contributed by atoms with Crippen molar-refractivity contribution in [3.63, 3.8) is 0 Å². The Labute approximate surface area is 155 Å². The summed E-state index contributed by atoms with van der Waals surface area (Å²) in [5.74, 6) is 1.77. The number of nitrogens with zero attached hydrogens (tertiary/aromatic N) is 6. The lowest BCUT2D eigenvalue weighted by atomic mass is 9.85. The third kappa shape index (κ3) is 4.13. The zero-order valence-electron chi connectivity index (χ0n) is 16.4. The van der Waals surface area contributed by atoms with Gasteiger partial charge in [0.15, 0.2) is 5.82 Å². The molecule has 3 atom stereocenters. The predicted molar refractivity (Wildman–Crippen MR) is 97.4 cm³/mol. The molecule has 8 nitrogen and oxygen atoms in total. The van der Waals surface area contributed by atoms with Gasteiger partial charge in [0.2, 0.25) is 5.89 Å². The number of hydrogen-bond acceptors (Lipinski definition) is 7. The van der Waals surface area contributed by atoms with E-state index in [-0.39, 0.29) is 6.04 Å². The molecule has 1 fully saturated rings. The van der Waals surface area contributed by atoms with Gasteiger partial charge < -0.3 is 9.26 Å². The first-order valence-electron chi connectivity index (χ1n) is 9.20. The number of aromatic nitrogens is 4. The Morgan fingerprint density at radius 2 is 2.23 bits per heavy atom. The van der Waals surface area contributed by atoms with Crippen LogP contribution in [0.4, 0.5) is 0 Å². The molecular formula is C18H30N6O2. The van der Waals surface area contributed by atoms with Gasteiger partial charge in [0.25, 0.3) is 0 Å². The molecule has 0 aromatic carbocycles. The normalized spacial score (nSPS) is 22.8. The van der Waals surface area contributed by atoms with E-state index in [9.17, 15) is 0 Å². The van der Waals surface area contributed by atoms with Crippen molar-refractivity contribution in [1.29, 1.82) is 0 Å². The lowest BCUT2D eigenvalue weighted by Gasteiger charge is -2.41. The van der Waals surface area contributed by atoms with Crippen LogP contribution in [-0.4, -0.2) is 64.0 Å². The van der Waals surface area contributed by atoms with Crippen molar-refractivity contribution < 1.29 is 9.26 Å². The van der Waals surface area contributed by atoms with Crippen molar-refractivity contribution >= 4 is 0 Å². The molecule has 144 valence electrons. The molecule has 26 heavy (non-hydrogen) atoms. The molecule has 0 bridgehead atoms. The van der Waals surface area contributed by atoms with E-state index in [1.165, 1.54) is 18.4 Å². The summed E-state index contributed by atoms with van der Waals surface area (Å²) in [5, 5.41) is 8.35. The van der Waals surface area contributed by atoms with Gasteiger partial charge in [0.05, 0.1) is 12.2 Å². The highest BCUT2D eigenvalue weighted by atomic mass is 16.5. The highest BCUT2D eigenvalue weighted by Crippen LogP contribution is 2.36. The van der Waals surface area contributed by atoms with Gasteiger partial charge in [-0.25, -0.2) is 0 Å². The zero-order valence-corrected chi connectivity index (χ0v) is 16.4. The van der Waals surface area contributed by atoms with Crippen LogP contribution in [0.2, 0.25) is 0 Å². The smallest absolute Gasteiger partial charge is 0.243 e. The van der Waals surface area contributed by atoms with Gasteiger partial charge in [-0.2, -0.15) is 10.1 Å². The molecule has 0 radical (unpaired) electrons. The number of rotatable bonds is 7. The number of likely N-dealkylation sites (tertiary alicyclic amines) is 1. The molecule has 1 aliphatic rings. The number of piperidine rings is 1. The Morgan fingerprint density at radius 1 is 1.42 bits per heavy atom. The van der Waals surface area contributed by atoms with Crippen molar-refractivity contribution in [2.24, 2.45) is 13.0 Å². The summed E-state index contributed by atoms with van der Waals surface area (Å²) >= 11 is 0. The van der Waals surface area contributed by atoms with E-state index in [4.69, 9.17) is 9.26 Å². The molecule has 0 N–H and O–H groups in total. The highest BCUT2D eigenvalue weighted by molar-refractivity contribution is 5.13. The fraction of sp³-hybridized carbons (Fsp3) is 0.722. The summed E-state index contributed by atoms with van der Waals surface area (Å²) in [5.41, 5.74) is 1.29. The lowest BCUT2D eigenvalue weighted by Crippen LogP contribution is -2.41. The first-order valence-corrected chi connectivity index (χ1v) is 9.20. The van der Waals surface area contributed by atoms with Crippen molar-refractivity contribution in [3.05, 3.63) is 29.7 Å². The van der Waals surface area contributed by atoms with E-state index in [1.54, 1.807) is 7.11 Å². The van der Waals surface area contributed by atoms with E-state index < -0.39 is 0 Å². The van der Waals surface area contributed by atoms with Crippen molar-refractivity contribution in [2.75, 3.05) is 34.3 Å². The fourth-order valence-corrected chi connectivity index (χ4v) is 3.91. The zero-order chi connectivity index (χ0) is 18.7. The van der Waals surface area contributed by atoms with Crippen molar-refractivity contribution in [1.82, 2.24) is 29.7 Å². The maximum absolute atomic E-state index is 5.42. The molecule has 2 aromatic heterocycles. The Bertz CT molecular complexity index is 699. The standard InChI is InChI=1S/C18H30N6O2/c1-13(18-20-16(12-25-5)21-26-18)23(3)10-14-7-6-8-22(2)17(14)15-9-19-24(4)11-15/h9,11,13-14,17H,6-8,10,12H2,1-5H3/t13?,14-,17+/m0/s1. The highest BCUT2D eigenvalue weighted by Gasteiger charge is 2.33. The van der Waals surface area contributed by atoms with Crippen molar-refractivity contribution in [2.45, 2.75) is 38.5 Å². The van der Waals surface area contributed by atoms with Crippen LogP contribution < -0.4 is 0 Å². The lowest BCUT2D eigenvalue weighted by molar-refractivity contribution is 0.0784. The number of methoxy groups -OCH3 is 1. The summed E-state index contributed by atoms with van der Waals surface area (Å²) in [6.07, 6.45) is 6.56. The molecule has 0 amide bonds. The topological polar surface area (TPSA) is 72.5 Å². The largest absolute Gasteiger partial charge is 0.377 e. The third-order valence-corrected chi connectivity index (χ3v) is 5.37. The quantitative estimate of drug-likeness (QED) is 0.746. The van der Waals surface area contributed by atoms with E-state index in [0.717, 1.165) is 13.1 Å². The van der Waals surface area contributed by atoms with E-state index in [1.807, 2.05) is 17.9 Å². The van der Waals surface area contributed by atoms with Crippen LogP contribution in [-0.2, 0) is 18.4 Å². The molecule has 3 heterocycles. The minimum absolute atomic E-state index is 0.0647. The van der Waals surface area contributed by atoms with Crippen LogP contribution in [0.5, 0.6) is 0 Å². The predicted octanol–water partition coefficient (Wildman–Crippen LogP) is 2.03. The third-order valence-electron chi connectivity index (χ3n) is 5.37.